The Morgan fingerprint density at radius 1 is 1.17 bits per heavy atom. The highest BCUT2D eigenvalue weighted by atomic mass is 32.1. The maximum atomic E-state index is 12.6. The van der Waals surface area contributed by atoms with Crippen molar-refractivity contribution >= 4 is 33.9 Å². The van der Waals surface area contributed by atoms with Crippen LogP contribution >= 0.6 is 11.3 Å². The minimum absolute atomic E-state index is 0.282. The van der Waals surface area contributed by atoms with Gasteiger partial charge in [0.2, 0.25) is 0 Å². The molecule has 0 bridgehead atoms. The summed E-state index contributed by atoms with van der Waals surface area (Å²) in [5.41, 5.74) is 3.10. The molecule has 3 aromatic rings. The fraction of sp³-hybridized carbons (Fsp3) is 0.450. The topological polar surface area (TPSA) is 101 Å². The van der Waals surface area contributed by atoms with E-state index in [1.165, 1.54) is 36.2 Å². The van der Waals surface area contributed by atoms with Crippen molar-refractivity contribution in [3.63, 3.8) is 0 Å². The number of nitrogens with zero attached hydrogens (tertiary/aromatic N) is 6. The van der Waals surface area contributed by atoms with Gasteiger partial charge in [0.25, 0.3) is 0 Å². The maximum absolute atomic E-state index is 12.6. The average molecular weight is 427 g/mol. The van der Waals surface area contributed by atoms with Gasteiger partial charge in [-0.15, -0.1) is 16.4 Å². The lowest BCUT2D eigenvalue weighted by atomic mass is 10.1. The Morgan fingerprint density at radius 2 is 2.00 bits per heavy atom. The molecule has 3 heterocycles. The van der Waals surface area contributed by atoms with E-state index in [2.05, 4.69) is 49.0 Å². The lowest BCUT2D eigenvalue weighted by molar-refractivity contribution is 0.262. The number of carbonyl (C=O) groups excluding carboxylic acids is 1. The van der Waals surface area contributed by atoms with Gasteiger partial charge in [-0.1, -0.05) is 6.07 Å². The normalized spacial score (nSPS) is 14.0. The minimum atomic E-state index is -0.282. The number of benzene rings is 1. The second kappa shape index (κ2) is 9.21. The van der Waals surface area contributed by atoms with E-state index in [0.717, 1.165) is 48.0 Å². The van der Waals surface area contributed by atoms with Crippen molar-refractivity contribution < 1.29 is 4.79 Å². The van der Waals surface area contributed by atoms with Crippen LogP contribution in [0, 0.1) is 6.92 Å². The summed E-state index contributed by atoms with van der Waals surface area (Å²) in [5.74, 6) is 0.820. The van der Waals surface area contributed by atoms with Crippen molar-refractivity contribution in [2.75, 3.05) is 28.6 Å². The Bertz CT molecular complexity index is 1010. The van der Waals surface area contributed by atoms with Gasteiger partial charge in [0.1, 0.15) is 0 Å². The van der Waals surface area contributed by atoms with Crippen molar-refractivity contribution in [3.05, 3.63) is 40.7 Å². The Morgan fingerprint density at radius 3 is 2.77 bits per heavy atom. The van der Waals surface area contributed by atoms with Gasteiger partial charge in [0, 0.05) is 37.6 Å². The van der Waals surface area contributed by atoms with E-state index < -0.39 is 0 Å². The van der Waals surface area contributed by atoms with Crippen LogP contribution in [0.15, 0.2) is 24.4 Å². The first-order valence-electron chi connectivity index (χ1n) is 10.2. The lowest BCUT2D eigenvalue weighted by Gasteiger charge is -2.30. The zero-order chi connectivity index (χ0) is 20.9. The third-order valence-corrected chi connectivity index (χ3v) is 6.15. The first-order chi connectivity index (χ1) is 14.6. The minimum Gasteiger partial charge on any atom is -0.370 e. The monoisotopic (exact) mass is 426 g/mol. The number of aryl methyl sites for hydroxylation is 4. The third kappa shape index (κ3) is 4.93. The van der Waals surface area contributed by atoms with E-state index in [-0.39, 0.29) is 6.03 Å². The molecule has 1 fully saturated rings. The number of hydrogen-bond donors (Lipinski definition) is 2. The van der Waals surface area contributed by atoms with Gasteiger partial charge in [0.05, 0.1) is 11.4 Å². The van der Waals surface area contributed by atoms with Crippen LogP contribution in [0.5, 0.6) is 0 Å². The number of nitrogens with one attached hydrogen (secondary N) is 2. The summed E-state index contributed by atoms with van der Waals surface area (Å²) in [6.07, 6.45) is 6.92. The van der Waals surface area contributed by atoms with Gasteiger partial charge in [-0.3, -0.25) is 5.32 Å². The molecule has 1 saturated heterocycles. The number of thiazole rings is 1. The Balaban J connectivity index is 1.37. The quantitative estimate of drug-likeness (QED) is 0.627. The van der Waals surface area contributed by atoms with Gasteiger partial charge in [-0.2, -0.15) is 0 Å². The number of aromatic nitrogens is 5. The first kappa shape index (κ1) is 20.3. The van der Waals surface area contributed by atoms with Gasteiger partial charge in [-0.25, -0.2) is 14.5 Å². The van der Waals surface area contributed by atoms with Gasteiger partial charge in [0.15, 0.2) is 11.0 Å². The molecular formula is C20H26N8OS. The fourth-order valence-corrected chi connectivity index (χ4v) is 4.38. The van der Waals surface area contributed by atoms with E-state index >= 15 is 0 Å². The largest absolute Gasteiger partial charge is 0.370 e. The van der Waals surface area contributed by atoms with E-state index in [4.69, 9.17) is 0 Å². The van der Waals surface area contributed by atoms with Crippen molar-refractivity contribution in [1.82, 2.24) is 25.2 Å². The highest BCUT2D eigenvalue weighted by molar-refractivity contribution is 7.15. The van der Waals surface area contributed by atoms with Crippen LogP contribution < -0.4 is 15.5 Å². The van der Waals surface area contributed by atoms with E-state index in [9.17, 15) is 4.79 Å². The molecular weight excluding hydrogens is 400 g/mol. The van der Waals surface area contributed by atoms with Crippen LogP contribution in [0.25, 0.3) is 0 Å². The molecule has 4 rings (SSSR count). The summed E-state index contributed by atoms with van der Waals surface area (Å²) in [4.78, 5) is 20.3. The van der Waals surface area contributed by atoms with Gasteiger partial charge < -0.3 is 10.2 Å². The summed E-state index contributed by atoms with van der Waals surface area (Å²) < 4.78 is 1.66. The van der Waals surface area contributed by atoms with Crippen molar-refractivity contribution in [2.45, 2.75) is 39.0 Å². The molecule has 158 valence electrons. The Labute approximate surface area is 179 Å². The molecule has 0 unspecified atom stereocenters. The molecule has 0 aliphatic carbocycles. The standard InChI is InChI=1S/C20H26N8OS/c1-14-6-8-16(17(12-14)28-10-4-3-5-11-28)22-19(29)23-20-21-13-15(30-20)7-9-18-24-25-26-27(18)2/h6,8,12-13H,3-5,7,9-11H2,1-2H3,(H2,21,22,23,29). The summed E-state index contributed by atoms with van der Waals surface area (Å²) in [5, 5.41) is 17.9. The van der Waals surface area contributed by atoms with Crippen LogP contribution in [0.3, 0.4) is 0 Å². The molecule has 0 radical (unpaired) electrons. The molecule has 1 aromatic carbocycles. The van der Waals surface area contributed by atoms with E-state index in [1.54, 1.807) is 10.9 Å². The molecule has 10 heteroatoms. The average Bonchev–Trinajstić information content (AvgIpc) is 3.36. The zero-order valence-corrected chi connectivity index (χ0v) is 18.1. The maximum Gasteiger partial charge on any atom is 0.325 e. The molecule has 9 nitrogen and oxygen atoms in total. The molecule has 30 heavy (non-hydrogen) atoms. The molecule has 2 N–H and O–H groups in total. The van der Waals surface area contributed by atoms with Crippen LogP contribution in [-0.2, 0) is 19.9 Å². The number of piperidine rings is 1. The van der Waals surface area contributed by atoms with Crippen molar-refractivity contribution in [3.8, 4) is 0 Å². The number of tetrazole rings is 1. The van der Waals surface area contributed by atoms with Crippen molar-refractivity contribution in [2.24, 2.45) is 7.05 Å². The molecule has 0 spiro atoms. The number of hydrogen-bond acceptors (Lipinski definition) is 7. The van der Waals surface area contributed by atoms with Crippen LogP contribution in [0.4, 0.5) is 21.3 Å². The SMILES string of the molecule is Cc1ccc(NC(=O)Nc2ncc(CCc3nnnn3C)s2)c(N2CCCCC2)c1. The van der Waals surface area contributed by atoms with Crippen molar-refractivity contribution in [1.29, 1.82) is 0 Å². The Hall–Kier alpha value is -3.01. The number of carbonyl (C=O) groups is 1. The van der Waals surface area contributed by atoms with Gasteiger partial charge in [-0.05, 0) is 60.7 Å². The third-order valence-electron chi connectivity index (χ3n) is 5.18. The zero-order valence-electron chi connectivity index (χ0n) is 17.3. The molecule has 0 atom stereocenters. The molecule has 1 aliphatic heterocycles. The second-order valence-electron chi connectivity index (χ2n) is 7.50. The van der Waals surface area contributed by atoms with Crippen LogP contribution in [-0.4, -0.2) is 44.3 Å². The van der Waals surface area contributed by atoms with Crippen LogP contribution in [0.1, 0.15) is 35.5 Å². The summed E-state index contributed by atoms with van der Waals surface area (Å²) in [7, 11) is 1.82. The molecule has 0 saturated carbocycles. The van der Waals surface area contributed by atoms with Crippen LogP contribution in [0.2, 0.25) is 0 Å². The van der Waals surface area contributed by atoms with E-state index in [0.29, 0.717) is 5.13 Å². The fourth-order valence-electron chi connectivity index (χ4n) is 3.57. The predicted octanol–water partition coefficient (Wildman–Crippen LogP) is 3.39. The number of anilines is 3. The first-order valence-corrected chi connectivity index (χ1v) is 11.0. The summed E-state index contributed by atoms with van der Waals surface area (Å²) >= 11 is 1.46. The number of rotatable bonds is 6. The number of amides is 2. The predicted molar refractivity (Wildman–Crippen MR) is 118 cm³/mol. The second-order valence-corrected chi connectivity index (χ2v) is 8.61. The molecule has 1 aliphatic rings. The highest BCUT2D eigenvalue weighted by Gasteiger charge is 2.17. The van der Waals surface area contributed by atoms with Gasteiger partial charge >= 0.3 is 6.03 Å². The highest BCUT2D eigenvalue weighted by Crippen LogP contribution is 2.30. The smallest absolute Gasteiger partial charge is 0.325 e. The number of urea groups is 1. The summed E-state index contributed by atoms with van der Waals surface area (Å²) in [6.45, 7) is 4.12. The molecule has 2 amide bonds. The molecule has 2 aromatic heterocycles. The summed E-state index contributed by atoms with van der Waals surface area (Å²) in [6, 6.07) is 5.85. The lowest BCUT2D eigenvalue weighted by Crippen LogP contribution is -2.31. The van der Waals surface area contributed by atoms with E-state index in [1.807, 2.05) is 19.2 Å². The Kier molecular flexibility index (Phi) is 6.22.